The second-order valence-electron chi connectivity index (χ2n) is 6.96. The van der Waals surface area contributed by atoms with Crippen molar-refractivity contribution in [3.05, 3.63) is 49.1 Å². The number of nitriles is 1. The van der Waals surface area contributed by atoms with Crippen LogP contribution in [0.15, 0.2) is 18.2 Å². The van der Waals surface area contributed by atoms with E-state index in [2.05, 4.69) is 23.6 Å². The van der Waals surface area contributed by atoms with Crippen LogP contribution in [-0.4, -0.2) is 11.0 Å². The van der Waals surface area contributed by atoms with E-state index in [-0.39, 0.29) is 5.11 Å². The van der Waals surface area contributed by atoms with Gasteiger partial charge < -0.3 is 5.32 Å². The molecule has 3 aromatic rings. The molecule has 29 heavy (non-hydrogen) atoms. The van der Waals surface area contributed by atoms with Gasteiger partial charge in [0.05, 0.1) is 10.6 Å². The van der Waals surface area contributed by atoms with Crippen LogP contribution in [0.1, 0.15) is 39.0 Å². The molecule has 1 amide bonds. The van der Waals surface area contributed by atoms with Crippen molar-refractivity contribution in [1.82, 2.24) is 5.32 Å². The Morgan fingerprint density at radius 3 is 2.90 bits per heavy atom. The fourth-order valence-electron chi connectivity index (χ4n) is 3.44. The molecule has 4 nitrogen and oxygen atoms in total. The number of hydrogen-bond donors (Lipinski definition) is 2. The smallest absolute Gasteiger partial charge is 0.269 e. The molecule has 1 aliphatic carbocycles. The van der Waals surface area contributed by atoms with Gasteiger partial charge in [-0.3, -0.25) is 10.1 Å². The number of amides is 1. The van der Waals surface area contributed by atoms with E-state index >= 15 is 0 Å². The minimum absolute atomic E-state index is 0.143. The van der Waals surface area contributed by atoms with Gasteiger partial charge in [0.1, 0.15) is 15.9 Å². The van der Waals surface area contributed by atoms with Crippen molar-refractivity contribution in [3.63, 3.8) is 0 Å². The number of nitrogens with zero attached hydrogens (tertiary/aromatic N) is 1. The zero-order valence-electron chi connectivity index (χ0n) is 15.3. The summed E-state index contributed by atoms with van der Waals surface area (Å²) in [5.74, 6) is 0.217. The molecule has 0 saturated heterocycles. The van der Waals surface area contributed by atoms with Gasteiger partial charge in [0.25, 0.3) is 5.91 Å². The van der Waals surface area contributed by atoms with E-state index in [1.54, 1.807) is 18.2 Å². The summed E-state index contributed by atoms with van der Waals surface area (Å²) in [4.78, 5) is 14.3. The normalized spacial score (nSPS) is 15.6. The summed E-state index contributed by atoms with van der Waals surface area (Å²) >= 11 is 20.5. The number of rotatable bonds is 2. The first-order valence-corrected chi connectivity index (χ1v) is 11.7. The topological polar surface area (TPSA) is 64.9 Å². The maximum absolute atomic E-state index is 12.7. The van der Waals surface area contributed by atoms with Crippen molar-refractivity contribution in [2.45, 2.75) is 26.2 Å². The van der Waals surface area contributed by atoms with Crippen LogP contribution in [-0.2, 0) is 12.8 Å². The van der Waals surface area contributed by atoms with Gasteiger partial charge in [-0.1, -0.05) is 36.2 Å². The van der Waals surface area contributed by atoms with Crippen molar-refractivity contribution in [1.29, 1.82) is 5.26 Å². The molecule has 2 heterocycles. The Balaban J connectivity index is 1.53. The number of anilines is 1. The third-order valence-corrected chi connectivity index (χ3v) is 8.14. The monoisotopic (exact) mass is 479 g/mol. The van der Waals surface area contributed by atoms with Crippen LogP contribution in [0.5, 0.6) is 0 Å². The molecule has 1 unspecified atom stereocenters. The third-order valence-electron chi connectivity index (χ3n) is 4.88. The summed E-state index contributed by atoms with van der Waals surface area (Å²) in [6, 6.07) is 7.59. The average molecular weight is 480 g/mol. The maximum atomic E-state index is 12.7. The Kier molecular flexibility index (Phi) is 5.83. The number of benzene rings is 1. The summed E-state index contributed by atoms with van der Waals surface area (Å²) in [7, 11) is 0. The van der Waals surface area contributed by atoms with Crippen molar-refractivity contribution >= 4 is 84.2 Å². The minimum Gasteiger partial charge on any atom is -0.323 e. The van der Waals surface area contributed by atoms with Crippen LogP contribution in [0.25, 0.3) is 10.1 Å². The van der Waals surface area contributed by atoms with Crippen LogP contribution < -0.4 is 10.6 Å². The highest BCUT2D eigenvalue weighted by Gasteiger charge is 2.25. The number of carbonyl (C=O) groups is 1. The summed E-state index contributed by atoms with van der Waals surface area (Å²) in [5, 5.41) is 17.9. The summed E-state index contributed by atoms with van der Waals surface area (Å²) in [6.07, 6.45) is 2.94. The van der Waals surface area contributed by atoms with Crippen LogP contribution in [0.2, 0.25) is 10.0 Å². The van der Waals surface area contributed by atoms with Gasteiger partial charge in [-0.15, -0.1) is 22.7 Å². The van der Waals surface area contributed by atoms with Crippen LogP contribution in [0.3, 0.4) is 0 Å². The number of carbonyl (C=O) groups excluding carboxylic acids is 1. The molecule has 0 saturated carbocycles. The third kappa shape index (κ3) is 4.00. The van der Waals surface area contributed by atoms with Gasteiger partial charge in [0, 0.05) is 20.0 Å². The van der Waals surface area contributed by atoms with E-state index in [0.29, 0.717) is 31.4 Å². The second-order valence-corrected chi connectivity index (χ2v) is 10.3. The minimum atomic E-state index is -0.390. The van der Waals surface area contributed by atoms with Crippen molar-refractivity contribution < 1.29 is 4.79 Å². The molecule has 0 bridgehead atoms. The number of halogens is 2. The molecular formula is C20H15Cl2N3OS3. The highest BCUT2D eigenvalue weighted by Crippen LogP contribution is 2.39. The Morgan fingerprint density at radius 1 is 1.34 bits per heavy atom. The maximum Gasteiger partial charge on any atom is 0.269 e. The van der Waals surface area contributed by atoms with Gasteiger partial charge in [0.2, 0.25) is 0 Å². The van der Waals surface area contributed by atoms with Crippen molar-refractivity contribution in [2.24, 2.45) is 5.92 Å². The van der Waals surface area contributed by atoms with Gasteiger partial charge in [0.15, 0.2) is 5.11 Å². The number of fused-ring (bicyclic) bond motifs is 2. The second kappa shape index (κ2) is 8.21. The molecule has 0 fully saturated rings. The van der Waals surface area contributed by atoms with Crippen LogP contribution in [0, 0.1) is 17.2 Å². The van der Waals surface area contributed by atoms with E-state index in [0.717, 1.165) is 34.9 Å². The molecule has 0 radical (unpaired) electrons. The number of thiocarbonyl (C=S) groups is 1. The SMILES string of the molecule is CC1CCc2c(sc(NC(=S)NC(=O)c3sc4cc(Cl)ccc4c3Cl)c2C#N)C1. The molecular weight excluding hydrogens is 465 g/mol. The molecule has 148 valence electrons. The predicted octanol–water partition coefficient (Wildman–Crippen LogP) is 6.39. The molecule has 1 aliphatic rings. The molecule has 1 atom stereocenters. The van der Waals surface area contributed by atoms with E-state index in [1.807, 2.05) is 0 Å². The van der Waals surface area contributed by atoms with Crippen LogP contribution in [0.4, 0.5) is 5.00 Å². The Bertz CT molecular complexity index is 1190. The van der Waals surface area contributed by atoms with Crippen molar-refractivity contribution in [3.8, 4) is 6.07 Å². The van der Waals surface area contributed by atoms with E-state index in [1.165, 1.54) is 27.6 Å². The lowest BCUT2D eigenvalue weighted by molar-refractivity contribution is 0.0982. The standard InChI is InChI=1S/C20H15Cl2N3OS3/c1-9-2-4-11-13(8-23)19(29-14(11)6-9)25-20(27)24-18(26)17-16(22)12-5-3-10(21)7-15(12)28-17/h3,5,7,9H,2,4,6H2,1H3,(H2,24,25,26,27). The van der Waals surface area contributed by atoms with E-state index in [9.17, 15) is 10.1 Å². The lowest BCUT2D eigenvalue weighted by Gasteiger charge is -2.17. The highest BCUT2D eigenvalue weighted by atomic mass is 35.5. The first-order chi connectivity index (χ1) is 13.9. The van der Waals surface area contributed by atoms with E-state index < -0.39 is 5.91 Å². The molecule has 0 spiro atoms. The van der Waals surface area contributed by atoms with Gasteiger partial charge in [-0.05, 0) is 55.1 Å². The molecule has 2 aromatic heterocycles. The fraction of sp³-hybridized carbons (Fsp3) is 0.250. The summed E-state index contributed by atoms with van der Waals surface area (Å²) in [5.41, 5.74) is 1.74. The number of hydrogen-bond acceptors (Lipinski definition) is 5. The Labute approximate surface area is 191 Å². The fourth-order valence-corrected chi connectivity index (χ4v) is 6.75. The number of thiophene rings is 2. The molecule has 0 aliphatic heterocycles. The number of nitrogens with one attached hydrogen (secondary N) is 2. The first-order valence-electron chi connectivity index (χ1n) is 8.92. The average Bonchev–Trinajstić information content (AvgIpc) is 3.17. The largest absolute Gasteiger partial charge is 0.323 e. The quantitative estimate of drug-likeness (QED) is 0.417. The Hall–Kier alpha value is -1.69. The lowest BCUT2D eigenvalue weighted by Crippen LogP contribution is -2.33. The van der Waals surface area contributed by atoms with Crippen LogP contribution >= 0.6 is 58.1 Å². The summed E-state index contributed by atoms with van der Waals surface area (Å²) < 4.78 is 0.832. The molecule has 4 rings (SSSR count). The Morgan fingerprint density at radius 2 is 2.14 bits per heavy atom. The predicted molar refractivity (Wildman–Crippen MR) is 126 cm³/mol. The molecule has 9 heteroatoms. The van der Waals surface area contributed by atoms with Gasteiger partial charge in [-0.2, -0.15) is 5.26 Å². The van der Waals surface area contributed by atoms with Crippen molar-refractivity contribution in [2.75, 3.05) is 5.32 Å². The summed E-state index contributed by atoms with van der Waals surface area (Å²) in [6.45, 7) is 2.22. The molecule has 1 aromatic carbocycles. The van der Waals surface area contributed by atoms with Gasteiger partial charge >= 0.3 is 0 Å². The zero-order chi connectivity index (χ0) is 20.7. The molecule has 2 N–H and O–H groups in total. The van der Waals surface area contributed by atoms with Gasteiger partial charge in [-0.25, -0.2) is 0 Å². The lowest BCUT2D eigenvalue weighted by atomic mass is 9.89. The first kappa shape index (κ1) is 20.6. The zero-order valence-corrected chi connectivity index (χ0v) is 19.2. The van der Waals surface area contributed by atoms with E-state index in [4.69, 9.17) is 35.4 Å². The highest BCUT2D eigenvalue weighted by molar-refractivity contribution is 7.80.